The van der Waals surface area contributed by atoms with Crippen LogP contribution in [0, 0.1) is 11.8 Å². The number of nitrogens with zero attached hydrogens (tertiary/aromatic N) is 2. The Morgan fingerprint density at radius 3 is 3.04 bits per heavy atom. The first kappa shape index (κ1) is 18.3. The van der Waals surface area contributed by atoms with Crippen LogP contribution in [0.1, 0.15) is 31.6 Å². The van der Waals surface area contributed by atoms with Gasteiger partial charge in [-0.1, -0.05) is 19.9 Å². The molecule has 130 valence electrons. The van der Waals surface area contributed by atoms with E-state index < -0.39 is 0 Å². The Hall–Kier alpha value is -1.07. The molecule has 1 aliphatic heterocycles. The molecule has 1 saturated heterocycles. The molecule has 2 N–H and O–H groups in total. The molecule has 4 nitrogen and oxygen atoms in total. The fraction of sp³-hybridized carbons (Fsp3) is 0.722. The van der Waals surface area contributed by atoms with Gasteiger partial charge >= 0.3 is 0 Å². The molecule has 0 amide bonds. The summed E-state index contributed by atoms with van der Waals surface area (Å²) in [4.78, 5) is 8.38. The van der Waals surface area contributed by atoms with E-state index in [2.05, 4.69) is 51.9 Å². The van der Waals surface area contributed by atoms with Gasteiger partial charge < -0.3 is 15.5 Å². The second-order valence-electron chi connectivity index (χ2n) is 6.62. The maximum atomic E-state index is 4.36. The van der Waals surface area contributed by atoms with Crippen LogP contribution in [0.4, 0.5) is 0 Å². The van der Waals surface area contributed by atoms with E-state index >= 15 is 0 Å². The molecule has 0 radical (unpaired) electrons. The largest absolute Gasteiger partial charge is 0.356 e. The molecule has 1 fully saturated rings. The number of rotatable bonds is 7. The molecular weight excluding hydrogens is 304 g/mol. The van der Waals surface area contributed by atoms with Gasteiger partial charge in [-0.25, -0.2) is 0 Å². The van der Waals surface area contributed by atoms with Crippen molar-refractivity contribution < 1.29 is 0 Å². The van der Waals surface area contributed by atoms with Crippen molar-refractivity contribution in [3.05, 3.63) is 22.4 Å². The van der Waals surface area contributed by atoms with E-state index in [1.807, 2.05) is 18.4 Å². The predicted octanol–water partition coefficient (Wildman–Crippen LogP) is 2.82. The van der Waals surface area contributed by atoms with Crippen LogP contribution >= 0.6 is 11.3 Å². The molecule has 0 bridgehead atoms. The molecule has 5 heteroatoms. The average Bonchev–Trinajstić information content (AvgIpc) is 3.08. The summed E-state index contributed by atoms with van der Waals surface area (Å²) in [5, 5.41) is 9.14. The number of likely N-dealkylation sites (tertiary alicyclic amines) is 1. The van der Waals surface area contributed by atoms with Crippen LogP contribution in [-0.4, -0.2) is 50.6 Å². The first-order chi connectivity index (χ1) is 11.2. The molecule has 1 aliphatic rings. The summed E-state index contributed by atoms with van der Waals surface area (Å²) >= 11 is 1.84. The zero-order valence-corrected chi connectivity index (χ0v) is 15.7. The third kappa shape index (κ3) is 6.51. The van der Waals surface area contributed by atoms with E-state index in [1.54, 1.807) is 0 Å². The van der Waals surface area contributed by atoms with Crippen molar-refractivity contribution >= 4 is 17.3 Å². The molecule has 2 rings (SSSR count). The van der Waals surface area contributed by atoms with Crippen LogP contribution in [0.3, 0.4) is 0 Å². The van der Waals surface area contributed by atoms with Crippen molar-refractivity contribution in [1.82, 2.24) is 15.5 Å². The highest BCUT2D eigenvalue weighted by Crippen LogP contribution is 2.15. The van der Waals surface area contributed by atoms with E-state index in [1.165, 1.54) is 37.4 Å². The summed E-state index contributed by atoms with van der Waals surface area (Å²) in [5.41, 5.74) is 0. The van der Waals surface area contributed by atoms with E-state index in [4.69, 9.17) is 0 Å². The minimum absolute atomic E-state index is 0.609. The number of hydrogen-bond donors (Lipinski definition) is 2. The second kappa shape index (κ2) is 9.93. The lowest BCUT2D eigenvalue weighted by atomic mass is 9.98. The monoisotopic (exact) mass is 336 g/mol. The smallest absolute Gasteiger partial charge is 0.190 e. The van der Waals surface area contributed by atoms with Gasteiger partial charge in [0.2, 0.25) is 0 Å². The van der Waals surface area contributed by atoms with Crippen LogP contribution in [0.2, 0.25) is 0 Å². The van der Waals surface area contributed by atoms with Gasteiger partial charge in [0, 0.05) is 31.6 Å². The average molecular weight is 337 g/mol. The topological polar surface area (TPSA) is 39.7 Å². The molecular formula is C18H32N4S. The Morgan fingerprint density at radius 2 is 2.35 bits per heavy atom. The van der Waals surface area contributed by atoms with Crippen LogP contribution in [0.15, 0.2) is 22.5 Å². The molecule has 2 unspecified atom stereocenters. The highest BCUT2D eigenvalue weighted by atomic mass is 32.1. The zero-order chi connectivity index (χ0) is 16.5. The summed E-state index contributed by atoms with van der Waals surface area (Å²) < 4.78 is 0. The van der Waals surface area contributed by atoms with E-state index in [0.29, 0.717) is 5.92 Å². The van der Waals surface area contributed by atoms with Crippen molar-refractivity contribution in [3.8, 4) is 0 Å². The van der Waals surface area contributed by atoms with Gasteiger partial charge in [-0.15, -0.1) is 11.3 Å². The van der Waals surface area contributed by atoms with Gasteiger partial charge in [-0.05, 0) is 55.6 Å². The lowest BCUT2D eigenvalue weighted by molar-refractivity contribution is 0.183. The number of guanidine groups is 1. The minimum Gasteiger partial charge on any atom is -0.356 e. The fourth-order valence-electron chi connectivity index (χ4n) is 3.18. The van der Waals surface area contributed by atoms with Crippen molar-refractivity contribution in [3.63, 3.8) is 0 Å². The van der Waals surface area contributed by atoms with Gasteiger partial charge in [0.15, 0.2) is 5.96 Å². The summed E-state index contributed by atoms with van der Waals surface area (Å²) in [6, 6.07) is 4.35. The number of hydrogen-bond acceptors (Lipinski definition) is 3. The zero-order valence-electron chi connectivity index (χ0n) is 14.8. The first-order valence-electron chi connectivity index (χ1n) is 8.90. The van der Waals surface area contributed by atoms with E-state index in [9.17, 15) is 0 Å². The highest BCUT2D eigenvalue weighted by molar-refractivity contribution is 7.09. The lowest BCUT2D eigenvalue weighted by Crippen LogP contribution is -2.45. The number of piperidine rings is 1. The molecule has 23 heavy (non-hydrogen) atoms. The summed E-state index contributed by atoms with van der Waals surface area (Å²) in [5.74, 6) is 2.29. The SMILES string of the molecule is CCN1CCCC(CNC(=NC)NCC(C)Cc2cccs2)C1. The number of thiophene rings is 1. The second-order valence-corrected chi connectivity index (χ2v) is 7.66. The summed E-state index contributed by atoms with van der Waals surface area (Å²) in [6.45, 7) is 10.2. The van der Waals surface area contributed by atoms with E-state index in [-0.39, 0.29) is 0 Å². The first-order valence-corrected chi connectivity index (χ1v) is 9.78. The molecule has 1 aromatic rings. The molecule has 0 aliphatic carbocycles. The standard InChI is InChI=1S/C18H32N4S/c1-4-22-9-5-7-16(14-22)13-21-18(19-3)20-12-15(2)11-17-8-6-10-23-17/h6,8,10,15-16H,4-5,7,9,11-14H2,1-3H3,(H2,19,20,21). The van der Waals surface area contributed by atoms with Gasteiger partial charge in [0.05, 0.1) is 0 Å². The van der Waals surface area contributed by atoms with Gasteiger partial charge in [-0.3, -0.25) is 4.99 Å². The van der Waals surface area contributed by atoms with Crippen molar-refractivity contribution in [2.75, 3.05) is 39.8 Å². The normalized spacial score (nSPS) is 21.2. The Morgan fingerprint density at radius 1 is 1.48 bits per heavy atom. The Bertz CT molecular complexity index is 458. The molecule has 2 atom stereocenters. The molecule has 2 heterocycles. The van der Waals surface area contributed by atoms with Gasteiger partial charge in [-0.2, -0.15) is 0 Å². The van der Waals surface area contributed by atoms with Crippen molar-refractivity contribution in [2.24, 2.45) is 16.8 Å². The molecule has 0 aromatic carbocycles. The third-order valence-electron chi connectivity index (χ3n) is 4.58. The van der Waals surface area contributed by atoms with Crippen LogP contribution < -0.4 is 10.6 Å². The van der Waals surface area contributed by atoms with Gasteiger partial charge in [0.1, 0.15) is 0 Å². The summed E-state index contributed by atoms with van der Waals surface area (Å²) in [6.07, 6.45) is 3.79. The Kier molecular flexibility index (Phi) is 7.89. The van der Waals surface area contributed by atoms with E-state index in [0.717, 1.165) is 31.4 Å². The minimum atomic E-state index is 0.609. The number of aliphatic imine (C=N–C) groups is 1. The van der Waals surface area contributed by atoms with Crippen LogP contribution in [0.25, 0.3) is 0 Å². The van der Waals surface area contributed by atoms with Crippen LogP contribution in [-0.2, 0) is 6.42 Å². The highest BCUT2D eigenvalue weighted by Gasteiger charge is 2.18. The van der Waals surface area contributed by atoms with Crippen LogP contribution in [0.5, 0.6) is 0 Å². The Labute approximate surface area is 145 Å². The molecule has 1 aromatic heterocycles. The number of nitrogens with one attached hydrogen (secondary N) is 2. The third-order valence-corrected chi connectivity index (χ3v) is 5.48. The van der Waals surface area contributed by atoms with Crippen molar-refractivity contribution in [1.29, 1.82) is 0 Å². The predicted molar refractivity (Wildman–Crippen MR) is 101 cm³/mol. The van der Waals surface area contributed by atoms with Crippen molar-refractivity contribution in [2.45, 2.75) is 33.1 Å². The quantitative estimate of drug-likeness (QED) is 0.594. The fourth-order valence-corrected chi connectivity index (χ4v) is 4.05. The maximum absolute atomic E-state index is 4.36. The molecule has 0 spiro atoms. The summed E-state index contributed by atoms with van der Waals surface area (Å²) in [7, 11) is 1.86. The molecule has 0 saturated carbocycles. The lowest BCUT2D eigenvalue weighted by Gasteiger charge is -2.32. The van der Waals surface area contributed by atoms with Gasteiger partial charge in [0.25, 0.3) is 0 Å². The Balaban J connectivity index is 1.66. The maximum Gasteiger partial charge on any atom is 0.190 e.